The molecule has 1 aliphatic rings. The van der Waals surface area contributed by atoms with Crippen molar-refractivity contribution in [2.45, 2.75) is 13.0 Å². The zero-order valence-corrected chi connectivity index (χ0v) is 12.9. The molecule has 116 valence electrons. The highest BCUT2D eigenvalue weighted by molar-refractivity contribution is 5.95. The van der Waals surface area contributed by atoms with Gasteiger partial charge in [-0.25, -0.2) is 0 Å². The molecule has 4 rings (SSSR count). The highest BCUT2D eigenvalue weighted by Gasteiger charge is 2.25. The van der Waals surface area contributed by atoms with E-state index in [4.69, 9.17) is 4.74 Å². The predicted molar refractivity (Wildman–Crippen MR) is 87.5 cm³/mol. The number of nitrogens with zero attached hydrogens (tertiary/aromatic N) is 2. The van der Waals surface area contributed by atoms with E-state index in [1.54, 1.807) is 31.6 Å². The van der Waals surface area contributed by atoms with Gasteiger partial charge in [0.1, 0.15) is 5.75 Å². The summed E-state index contributed by atoms with van der Waals surface area (Å²) in [6, 6.07) is 9.53. The summed E-state index contributed by atoms with van der Waals surface area (Å²) < 4.78 is 5.43. The van der Waals surface area contributed by atoms with Gasteiger partial charge in [-0.3, -0.25) is 9.78 Å². The molecule has 0 radical (unpaired) electrons. The first-order valence-electron chi connectivity index (χ1n) is 7.63. The van der Waals surface area contributed by atoms with Gasteiger partial charge < -0.3 is 14.6 Å². The average molecular weight is 307 g/mol. The number of amides is 1. The Morgan fingerprint density at radius 2 is 2.09 bits per heavy atom. The van der Waals surface area contributed by atoms with Crippen LogP contribution in [0.5, 0.6) is 5.75 Å². The van der Waals surface area contributed by atoms with Crippen LogP contribution in [0.2, 0.25) is 0 Å². The maximum atomic E-state index is 12.7. The molecule has 0 aliphatic carbocycles. The molecule has 0 fully saturated rings. The quantitative estimate of drug-likeness (QED) is 0.792. The number of para-hydroxylation sites is 1. The molecule has 5 heteroatoms. The van der Waals surface area contributed by atoms with Gasteiger partial charge in [0.05, 0.1) is 12.6 Å². The lowest BCUT2D eigenvalue weighted by Gasteiger charge is -2.27. The molecule has 0 atom stereocenters. The summed E-state index contributed by atoms with van der Waals surface area (Å²) in [6.07, 6.45) is 4.13. The summed E-state index contributed by atoms with van der Waals surface area (Å²) in [5.41, 5.74) is 4.08. The first kappa shape index (κ1) is 13.8. The van der Waals surface area contributed by atoms with Gasteiger partial charge in [0.15, 0.2) is 0 Å². The summed E-state index contributed by atoms with van der Waals surface area (Å²) in [5.74, 6) is 0.888. The minimum Gasteiger partial charge on any atom is -0.495 e. The molecule has 23 heavy (non-hydrogen) atoms. The molecular weight excluding hydrogens is 290 g/mol. The molecule has 3 heterocycles. The average Bonchev–Trinajstić information content (AvgIpc) is 2.99. The molecule has 0 saturated heterocycles. The Morgan fingerprint density at radius 1 is 1.26 bits per heavy atom. The number of rotatable bonds is 2. The number of fused-ring (bicyclic) bond motifs is 3. The van der Waals surface area contributed by atoms with E-state index < -0.39 is 0 Å². The number of ether oxygens (including phenoxy) is 1. The van der Waals surface area contributed by atoms with Crippen LogP contribution in [0.1, 0.15) is 21.6 Å². The number of H-pyrrole nitrogens is 1. The third-order valence-corrected chi connectivity index (χ3v) is 4.41. The van der Waals surface area contributed by atoms with Gasteiger partial charge >= 0.3 is 0 Å². The minimum atomic E-state index is 0.0512. The summed E-state index contributed by atoms with van der Waals surface area (Å²) in [5, 5.41) is 1.13. The van der Waals surface area contributed by atoms with Gasteiger partial charge in [0.25, 0.3) is 5.91 Å². The predicted octanol–water partition coefficient (Wildman–Crippen LogP) is 2.77. The smallest absolute Gasteiger partial charge is 0.254 e. The van der Waals surface area contributed by atoms with Crippen LogP contribution >= 0.6 is 0 Å². The van der Waals surface area contributed by atoms with Gasteiger partial charge in [0.2, 0.25) is 0 Å². The second-order valence-electron chi connectivity index (χ2n) is 5.68. The van der Waals surface area contributed by atoms with Crippen LogP contribution in [0.15, 0.2) is 42.7 Å². The molecule has 1 amide bonds. The maximum absolute atomic E-state index is 12.7. The lowest BCUT2D eigenvalue weighted by Crippen LogP contribution is -2.35. The van der Waals surface area contributed by atoms with Gasteiger partial charge in [-0.15, -0.1) is 0 Å². The number of methoxy groups -OCH3 is 1. The van der Waals surface area contributed by atoms with E-state index in [2.05, 4.69) is 16.0 Å². The number of pyridine rings is 1. The lowest BCUT2D eigenvalue weighted by atomic mass is 10.0. The lowest BCUT2D eigenvalue weighted by molar-refractivity contribution is 0.0735. The molecule has 5 nitrogen and oxygen atoms in total. The van der Waals surface area contributed by atoms with E-state index >= 15 is 0 Å². The zero-order chi connectivity index (χ0) is 15.8. The molecule has 0 unspecified atom stereocenters. The maximum Gasteiger partial charge on any atom is 0.254 e. The second-order valence-corrected chi connectivity index (χ2v) is 5.68. The number of carbonyl (C=O) groups excluding carboxylic acids is 1. The Balaban J connectivity index is 1.71. The van der Waals surface area contributed by atoms with Crippen molar-refractivity contribution in [1.82, 2.24) is 14.9 Å². The van der Waals surface area contributed by atoms with Crippen molar-refractivity contribution in [3.8, 4) is 5.75 Å². The monoisotopic (exact) mass is 307 g/mol. The molecule has 1 aromatic carbocycles. The fraction of sp³-hybridized carbons (Fsp3) is 0.222. The Morgan fingerprint density at radius 3 is 2.87 bits per heavy atom. The van der Waals surface area contributed by atoms with E-state index in [-0.39, 0.29) is 5.91 Å². The molecule has 0 bridgehead atoms. The molecule has 0 spiro atoms. The van der Waals surface area contributed by atoms with E-state index in [1.807, 2.05) is 17.0 Å². The standard InChI is InChI=1S/C18H17N3O2/c1-23-16-4-2-3-13-14-11-21(10-7-15(14)20-17(13)16)18(22)12-5-8-19-9-6-12/h2-6,8-9,20H,7,10-11H2,1H3. The Hall–Kier alpha value is -2.82. The van der Waals surface area contributed by atoms with Gasteiger partial charge in [-0.05, 0) is 18.2 Å². The minimum absolute atomic E-state index is 0.0512. The highest BCUT2D eigenvalue weighted by Crippen LogP contribution is 2.33. The molecule has 1 aliphatic heterocycles. The third kappa shape index (κ3) is 2.25. The van der Waals surface area contributed by atoms with Crippen molar-refractivity contribution in [2.24, 2.45) is 0 Å². The van der Waals surface area contributed by atoms with Crippen molar-refractivity contribution in [2.75, 3.05) is 13.7 Å². The summed E-state index contributed by atoms with van der Waals surface area (Å²) >= 11 is 0. The normalized spacial score (nSPS) is 13.9. The number of aromatic amines is 1. The molecular formula is C18H17N3O2. The molecule has 0 saturated carbocycles. The number of hydrogen-bond acceptors (Lipinski definition) is 3. The van der Waals surface area contributed by atoms with E-state index in [1.165, 1.54) is 11.3 Å². The Bertz CT molecular complexity index is 871. The van der Waals surface area contributed by atoms with Crippen LogP contribution in [0.25, 0.3) is 10.9 Å². The summed E-state index contributed by atoms with van der Waals surface area (Å²) in [4.78, 5) is 22.0. The SMILES string of the molecule is COc1cccc2c3c([nH]c12)CCN(C(=O)c1ccncc1)C3. The van der Waals surface area contributed by atoms with Crippen LogP contribution in [0, 0.1) is 0 Å². The Labute approximate surface area is 133 Å². The van der Waals surface area contributed by atoms with Crippen LogP contribution in [-0.4, -0.2) is 34.4 Å². The summed E-state index contributed by atoms with van der Waals surface area (Å²) in [7, 11) is 1.67. The highest BCUT2D eigenvalue weighted by atomic mass is 16.5. The molecule has 3 aromatic rings. The summed E-state index contributed by atoms with van der Waals surface area (Å²) in [6.45, 7) is 1.33. The number of carbonyl (C=O) groups is 1. The number of aromatic nitrogens is 2. The van der Waals surface area contributed by atoms with Crippen molar-refractivity contribution in [1.29, 1.82) is 0 Å². The van der Waals surface area contributed by atoms with E-state index in [0.29, 0.717) is 18.7 Å². The largest absolute Gasteiger partial charge is 0.495 e. The molecule has 1 N–H and O–H groups in total. The van der Waals surface area contributed by atoms with Gasteiger partial charge in [-0.1, -0.05) is 12.1 Å². The van der Waals surface area contributed by atoms with E-state index in [9.17, 15) is 4.79 Å². The third-order valence-electron chi connectivity index (χ3n) is 4.41. The topological polar surface area (TPSA) is 58.2 Å². The van der Waals surface area contributed by atoms with E-state index in [0.717, 1.165) is 23.1 Å². The van der Waals surface area contributed by atoms with Crippen LogP contribution < -0.4 is 4.74 Å². The van der Waals surface area contributed by atoms with Crippen LogP contribution in [-0.2, 0) is 13.0 Å². The van der Waals surface area contributed by atoms with Crippen LogP contribution in [0.3, 0.4) is 0 Å². The Kier molecular flexibility index (Phi) is 3.26. The number of benzene rings is 1. The van der Waals surface area contributed by atoms with Gasteiger partial charge in [-0.2, -0.15) is 0 Å². The fourth-order valence-electron chi connectivity index (χ4n) is 3.23. The van der Waals surface area contributed by atoms with Crippen molar-refractivity contribution < 1.29 is 9.53 Å². The van der Waals surface area contributed by atoms with Crippen LogP contribution in [0.4, 0.5) is 0 Å². The first-order chi connectivity index (χ1) is 11.3. The van der Waals surface area contributed by atoms with Crippen molar-refractivity contribution >= 4 is 16.8 Å². The molecule has 2 aromatic heterocycles. The second kappa shape index (κ2) is 5.43. The number of nitrogens with one attached hydrogen (secondary N) is 1. The first-order valence-corrected chi connectivity index (χ1v) is 7.63. The van der Waals surface area contributed by atoms with Crippen molar-refractivity contribution in [3.63, 3.8) is 0 Å². The fourth-order valence-corrected chi connectivity index (χ4v) is 3.23. The van der Waals surface area contributed by atoms with Gasteiger partial charge in [0, 0.05) is 54.1 Å². The number of hydrogen-bond donors (Lipinski definition) is 1. The van der Waals surface area contributed by atoms with Crippen molar-refractivity contribution in [3.05, 3.63) is 59.5 Å². The zero-order valence-electron chi connectivity index (χ0n) is 12.9.